The van der Waals surface area contributed by atoms with E-state index >= 15 is 0 Å². The maximum absolute atomic E-state index is 12.5. The lowest BCUT2D eigenvalue weighted by molar-refractivity contribution is 0.102. The van der Waals surface area contributed by atoms with Crippen LogP contribution < -0.4 is 10.2 Å². The number of amides is 1. The van der Waals surface area contributed by atoms with Crippen LogP contribution in [0.5, 0.6) is 0 Å². The van der Waals surface area contributed by atoms with Crippen LogP contribution in [-0.2, 0) is 6.54 Å². The van der Waals surface area contributed by atoms with Gasteiger partial charge in [0, 0.05) is 30.5 Å². The van der Waals surface area contributed by atoms with Gasteiger partial charge in [0.15, 0.2) is 0 Å². The van der Waals surface area contributed by atoms with Gasteiger partial charge in [-0.15, -0.1) is 5.10 Å². The summed E-state index contributed by atoms with van der Waals surface area (Å²) in [5.41, 5.74) is 5.12. The number of aromatic amines is 1. The van der Waals surface area contributed by atoms with Gasteiger partial charge in [0.25, 0.3) is 5.91 Å². The molecule has 1 aromatic heterocycles. The molecular weight excluding hydrogens is 338 g/mol. The minimum Gasteiger partial charge on any atom is -0.370 e. The van der Waals surface area contributed by atoms with Gasteiger partial charge in [-0.1, -0.05) is 35.5 Å². The average Bonchev–Trinajstić information content (AvgIpc) is 3.18. The van der Waals surface area contributed by atoms with Crippen molar-refractivity contribution in [2.45, 2.75) is 6.54 Å². The van der Waals surface area contributed by atoms with Crippen LogP contribution in [0.1, 0.15) is 15.9 Å². The molecule has 3 aromatic carbocycles. The van der Waals surface area contributed by atoms with Crippen molar-refractivity contribution in [3.8, 4) is 0 Å². The molecule has 6 nitrogen and oxygen atoms in total. The highest BCUT2D eigenvalue weighted by Gasteiger charge is 2.09. The van der Waals surface area contributed by atoms with Crippen LogP contribution in [-0.4, -0.2) is 28.4 Å². The normalized spacial score (nSPS) is 10.7. The van der Waals surface area contributed by atoms with Crippen molar-refractivity contribution < 1.29 is 4.79 Å². The Bertz CT molecular complexity index is 1060. The van der Waals surface area contributed by atoms with Crippen molar-refractivity contribution >= 4 is 28.3 Å². The van der Waals surface area contributed by atoms with Crippen LogP contribution in [0.3, 0.4) is 0 Å². The van der Waals surface area contributed by atoms with Gasteiger partial charge in [0.1, 0.15) is 5.52 Å². The summed E-state index contributed by atoms with van der Waals surface area (Å²) in [5.74, 6) is -0.166. The Morgan fingerprint density at radius 1 is 1.04 bits per heavy atom. The van der Waals surface area contributed by atoms with Gasteiger partial charge in [-0.05, 0) is 48.0 Å². The maximum Gasteiger partial charge on any atom is 0.255 e. The molecule has 2 N–H and O–H groups in total. The summed E-state index contributed by atoms with van der Waals surface area (Å²) in [6, 6.07) is 23.4. The standard InChI is InChI=1S/C21H19N5O/c1-26(18-5-3-2-4-6-18)14-15-7-10-17(11-8-15)22-21(27)16-9-12-19-20(13-16)24-25-23-19/h2-13H,14H2,1H3,(H,22,27)(H,23,24,25). The molecule has 1 amide bonds. The zero-order valence-electron chi connectivity index (χ0n) is 14.9. The summed E-state index contributed by atoms with van der Waals surface area (Å²) >= 11 is 0. The summed E-state index contributed by atoms with van der Waals surface area (Å²) in [5, 5.41) is 13.3. The molecule has 27 heavy (non-hydrogen) atoms. The molecule has 0 spiro atoms. The molecule has 6 heteroatoms. The predicted molar refractivity (Wildman–Crippen MR) is 107 cm³/mol. The van der Waals surface area contributed by atoms with E-state index in [0.717, 1.165) is 23.3 Å². The summed E-state index contributed by atoms with van der Waals surface area (Å²) in [7, 11) is 2.06. The highest BCUT2D eigenvalue weighted by molar-refractivity contribution is 6.05. The van der Waals surface area contributed by atoms with E-state index in [1.165, 1.54) is 11.3 Å². The molecule has 4 rings (SSSR count). The molecule has 0 aliphatic heterocycles. The number of anilines is 2. The van der Waals surface area contributed by atoms with E-state index in [-0.39, 0.29) is 5.91 Å². The molecule has 134 valence electrons. The Kier molecular flexibility index (Phi) is 4.53. The zero-order valence-corrected chi connectivity index (χ0v) is 14.9. The second kappa shape index (κ2) is 7.29. The highest BCUT2D eigenvalue weighted by Crippen LogP contribution is 2.17. The van der Waals surface area contributed by atoms with Crippen molar-refractivity contribution in [1.82, 2.24) is 15.4 Å². The predicted octanol–water partition coefficient (Wildman–Crippen LogP) is 3.85. The molecule has 0 saturated heterocycles. The molecule has 0 saturated carbocycles. The number of benzene rings is 3. The number of nitrogens with one attached hydrogen (secondary N) is 2. The topological polar surface area (TPSA) is 73.9 Å². The van der Waals surface area contributed by atoms with Gasteiger partial charge >= 0.3 is 0 Å². The number of carbonyl (C=O) groups is 1. The van der Waals surface area contributed by atoms with Crippen molar-refractivity contribution in [2.75, 3.05) is 17.3 Å². The number of rotatable bonds is 5. The Morgan fingerprint density at radius 2 is 1.81 bits per heavy atom. The highest BCUT2D eigenvalue weighted by atomic mass is 16.1. The molecule has 0 radical (unpaired) electrons. The van der Waals surface area contributed by atoms with Gasteiger partial charge in [-0.3, -0.25) is 9.89 Å². The van der Waals surface area contributed by atoms with Gasteiger partial charge in [0.2, 0.25) is 0 Å². The van der Waals surface area contributed by atoms with Crippen molar-refractivity contribution in [1.29, 1.82) is 0 Å². The molecule has 0 unspecified atom stereocenters. The fraction of sp³-hybridized carbons (Fsp3) is 0.0952. The maximum atomic E-state index is 12.5. The Balaban J connectivity index is 1.42. The smallest absolute Gasteiger partial charge is 0.255 e. The number of hydrogen-bond acceptors (Lipinski definition) is 4. The van der Waals surface area contributed by atoms with Crippen LogP contribution in [0.15, 0.2) is 72.8 Å². The average molecular weight is 357 g/mol. The Hall–Kier alpha value is -3.67. The summed E-state index contributed by atoms with van der Waals surface area (Å²) < 4.78 is 0. The Labute approximate surface area is 156 Å². The fourth-order valence-corrected chi connectivity index (χ4v) is 2.93. The van der Waals surface area contributed by atoms with E-state index in [1.807, 2.05) is 42.5 Å². The summed E-state index contributed by atoms with van der Waals surface area (Å²) in [6.07, 6.45) is 0. The van der Waals surface area contributed by atoms with Crippen molar-refractivity contribution in [3.05, 3.63) is 83.9 Å². The summed E-state index contributed by atoms with van der Waals surface area (Å²) in [6.45, 7) is 0.793. The minimum absolute atomic E-state index is 0.166. The number of carbonyl (C=O) groups excluding carboxylic acids is 1. The Morgan fingerprint density at radius 3 is 2.59 bits per heavy atom. The lowest BCUT2D eigenvalue weighted by Gasteiger charge is -2.19. The third-order valence-corrected chi connectivity index (χ3v) is 4.42. The first-order valence-corrected chi connectivity index (χ1v) is 8.66. The van der Waals surface area contributed by atoms with E-state index in [0.29, 0.717) is 5.56 Å². The number of hydrogen-bond donors (Lipinski definition) is 2. The third kappa shape index (κ3) is 3.79. The monoisotopic (exact) mass is 357 g/mol. The number of para-hydroxylation sites is 1. The van der Waals surface area contributed by atoms with E-state index in [9.17, 15) is 4.79 Å². The first-order valence-electron chi connectivity index (χ1n) is 8.66. The van der Waals surface area contributed by atoms with Crippen molar-refractivity contribution in [3.63, 3.8) is 0 Å². The lowest BCUT2D eigenvalue weighted by Crippen LogP contribution is -2.16. The molecule has 0 fully saturated rings. The summed E-state index contributed by atoms with van der Waals surface area (Å²) in [4.78, 5) is 14.6. The molecular formula is C21H19N5O. The van der Waals surface area contributed by atoms with Gasteiger partial charge in [-0.2, -0.15) is 0 Å². The fourth-order valence-electron chi connectivity index (χ4n) is 2.93. The number of nitrogens with zero attached hydrogens (tertiary/aromatic N) is 3. The number of H-pyrrole nitrogens is 1. The first-order chi connectivity index (χ1) is 13.2. The number of aromatic nitrogens is 3. The van der Waals surface area contributed by atoms with Crippen molar-refractivity contribution in [2.24, 2.45) is 0 Å². The minimum atomic E-state index is -0.166. The largest absolute Gasteiger partial charge is 0.370 e. The number of fused-ring (bicyclic) bond motifs is 1. The first kappa shape index (κ1) is 16.8. The van der Waals surface area contributed by atoms with Gasteiger partial charge in [-0.25, -0.2) is 0 Å². The van der Waals surface area contributed by atoms with Crippen LogP contribution in [0.4, 0.5) is 11.4 Å². The SMILES string of the molecule is CN(Cc1ccc(NC(=O)c2ccc3nn[nH]c3c2)cc1)c1ccccc1. The zero-order chi connectivity index (χ0) is 18.6. The van der Waals surface area contributed by atoms with E-state index in [4.69, 9.17) is 0 Å². The molecule has 1 heterocycles. The van der Waals surface area contributed by atoms with E-state index < -0.39 is 0 Å². The van der Waals surface area contributed by atoms with E-state index in [2.05, 4.69) is 44.8 Å². The van der Waals surface area contributed by atoms with Crippen LogP contribution in [0.25, 0.3) is 11.0 Å². The lowest BCUT2D eigenvalue weighted by atomic mass is 10.1. The molecule has 0 bridgehead atoms. The second-order valence-electron chi connectivity index (χ2n) is 6.39. The van der Waals surface area contributed by atoms with Gasteiger partial charge in [0.05, 0.1) is 5.52 Å². The van der Waals surface area contributed by atoms with E-state index in [1.54, 1.807) is 18.2 Å². The molecule has 4 aromatic rings. The molecule has 0 aliphatic rings. The van der Waals surface area contributed by atoms with Crippen LogP contribution in [0.2, 0.25) is 0 Å². The second-order valence-corrected chi connectivity index (χ2v) is 6.39. The molecule has 0 atom stereocenters. The molecule has 0 aliphatic carbocycles. The third-order valence-electron chi connectivity index (χ3n) is 4.42. The van der Waals surface area contributed by atoms with Gasteiger partial charge < -0.3 is 10.2 Å². The van der Waals surface area contributed by atoms with Crippen LogP contribution >= 0.6 is 0 Å². The quantitative estimate of drug-likeness (QED) is 0.569. The van der Waals surface area contributed by atoms with Crippen LogP contribution in [0, 0.1) is 0 Å².